The maximum Gasteiger partial charge on any atom is 1.00 e. The van der Waals surface area contributed by atoms with E-state index in [0.717, 1.165) is 25.9 Å². The summed E-state index contributed by atoms with van der Waals surface area (Å²) in [5, 5.41) is 11.0. The zero-order valence-electron chi connectivity index (χ0n) is 19.8. The zero-order valence-corrected chi connectivity index (χ0v) is 21.8. The van der Waals surface area contributed by atoms with E-state index in [-0.39, 0.29) is 36.0 Å². The summed E-state index contributed by atoms with van der Waals surface area (Å²) in [7, 11) is 0. The second kappa shape index (κ2) is 23.7. The van der Waals surface area contributed by atoms with Crippen LogP contribution in [-0.4, -0.2) is 30.0 Å². The third-order valence-electron chi connectivity index (χ3n) is 5.69. The molecule has 0 fully saturated rings. The van der Waals surface area contributed by atoms with Crippen LogP contribution >= 0.6 is 0 Å². The fraction of sp³-hybridized carbons (Fsp3) is 0.958. The van der Waals surface area contributed by atoms with Gasteiger partial charge in [-0.05, 0) is 45.2 Å². The van der Waals surface area contributed by atoms with Gasteiger partial charge in [0.25, 0.3) is 0 Å². The first-order chi connectivity index (χ1) is 13.2. The standard InChI is InChI=1S/C24H49NO2.Na/c1-4-7-10-12-14-16-21-25(22-17-15-13-11-8-5-2)23(18-9-6-3)19-20-24(26)27;/h23H,4-22H2,1-3H3,(H,26,27);/q;+1/p-1. The van der Waals surface area contributed by atoms with E-state index in [1.165, 1.54) is 89.9 Å². The predicted octanol–water partition coefficient (Wildman–Crippen LogP) is 3.10. The van der Waals surface area contributed by atoms with E-state index < -0.39 is 5.97 Å². The number of rotatable bonds is 21. The van der Waals surface area contributed by atoms with E-state index in [1.807, 2.05) is 0 Å². The summed E-state index contributed by atoms with van der Waals surface area (Å²) < 4.78 is 0. The fourth-order valence-electron chi connectivity index (χ4n) is 3.90. The van der Waals surface area contributed by atoms with Gasteiger partial charge in [-0.15, -0.1) is 0 Å². The third-order valence-corrected chi connectivity index (χ3v) is 5.69. The molecule has 4 heteroatoms. The van der Waals surface area contributed by atoms with Gasteiger partial charge in [-0.25, -0.2) is 0 Å². The quantitative estimate of drug-likeness (QED) is 0.218. The summed E-state index contributed by atoms with van der Waals surface area (Å²) in [4.78, 5) is 13.6. The Morgan fingerprint density at radius 1 is 0.679 bits per heavy atom. The van der Waals surface area contributed by atoms with Crippen molar-refractivity contribution in [2.75, 3.05) is 13.1 Å². The van der Waals surface area contributed by atoms with Crippen LogP contribution in [0.1, 0.15) is 130 Å². The SMILES string of the molecule is CCCCCCCCN(CCCCCCCC)C(CCCC)CCC(=O)[O-].[Na+]. The number of hydrogen-bond donors (Lipinski definition) is 0. The molecule has 0 aliphatic carbocycles. The van der Waals surface area contributed by atoms with Crippen LogP contribution in [0.15, 0.2) is 0 Å². The van der Waals surface area contributed by atoms with Crippen molar-refractivity contribution in [2.45, 2.75) is 136 Å². The molecule has 0 spiro atoms. The van der Waals surface area contributed by atoms with Gasteiger partial charge in [-0.1, -0.05) is 97.8 Å². The van der Waals surface area contributed by atoms with E-state index in [9.17, 15) is 9.90 Å². The Morgan fingerprint density at radius 2 is 1.11 bits per heavy atom. The third kappa shape index (κ3) is 19.7. The number of carbonyl (C=O) groups is 1. The number of aliphatic carboxylic acids is 1. The van der Waals surface area contributed by atoms with Crippen molar-refractivity contribution >= 4 is 5.97 Å². The average molecular weight is 406 g/mol. The van der Waals surface area contributed by atoms with Crippen LogP contribution in [0.4, 0.5) is 0 Å². The van der Waals surface area contributed by atoms with Crippen LogP contribution in [0.25, 0.3) is 0 Å². The summed E-state index contributed by atoms with van der Waals surface area (Å²) in [5.74, 6) is -0.893. The number of carboxylic acid groups (broad SMARTS) is 1. The second-order valence-electron chi connectivity index (χ2n) is 8.28. The summed E-state index contributed by atoms with van der Waals surface area (Å²) in [6.07, 6.45) is 20.3. The van der Waals surface area contributed by atoms with E-state index in [2.05, 4.69) is 25.7 Å². The van der Waals surface area contributed by atoms with E-state index in [4.69, 9.17) is 0 Å². The average Bonchev–Trinajstić information content (AvgIpc) is 2.66. The van der Waals surface area contributed by atoms with Gasteiger partial charge in [0.1, 0.15) is 0 Å². The molecule has 0 amide bonds. The topological polar surface area (TPSA) is 43.4 Å². The molecule has 28 heavy (non-hydrogen) atoms. The van der Waals surface area contributed by atoms with Crippen LogP contribution in [0.2, 0.25) is 0 Å². The Hall–Kier alpha value is 0.430. The molecule has 0 aromatic heterocycles. The van der Waals surface area contributed by atoms with Crippen LogP contribution in [0.5, 0.6) is 0 Å². The van der Waals surface area contributed by atoms with Gasteiger partial charge >= 0.3 is 29.6 Å². The zero-order chi connectivity index (χ0) is 20.2. The van der Waals surface area contributed by atoms with Crippen LogP contribution in [0, 0.1) is 0 Å². The summed E-state index contributed by atoms with van der Waals surface area (Å²) in [5.41, 5.74) is 0. The van der Waals surface area contributed by atoms with Crippen LogP contribution in [-0.2, 0) is 4.79 Å². The van der Waals surface area contributed by atoms with Crippen LogP contribution < -0.4 is 34.7 Å². The van der Waals surface area contributed by atoms with Gasteiger partial charge < -0.3 is 14.8 Å². The number of nitrogens with zero attached hydrogens (tertiary/aromatic N) is 1. The molecular weight excluding hydrogens is 357 g/mol. The number of carboxylic acids is 1. The molecular formula is C24H48NNaO2. The Labute approximate surface area is 198 Å². The van der Waals surface area contributed by atoms with E-state index in [1.54, 1.807) is 0 Å². The molecule has 0 saturated heterocycles. The van der Waals surface area contributed by atoms with Gasteiger partial charge in [0, 0.05) is 12.0 Å². The first kappa shape index (κ1) is 30.6. The Morgan fingerprint density at radius 3 is 1.54 bits per heavy atom. The van der Waals surface area contributed by atoms with E-state index >= 15 is 0 Å². The predicted molar refractivity (Wildman–Crippen MR) is 116 cm³/mol. The minimum Gasteiger partial charge on any atom is -0.550 e. The minimum absolute atomic E-state index is 0. The molecule has 0 heterocycles. The van der Waals surface area contributed by atoms with Crippen molar-refractivity contribution < 1.29 is 39.5 Å². The summed E-state index contributed by atoms with van der Waals surface area (Å²) >= 11 is 0. The van der Waals surface area contributed by atoms with Crippen molar-refractivity contribution in [3.05, 3.63) is 0 Å². The monoisotopic (exact) mass is 405 g/mol. The van der Waals surface area contributed by atoms with Gasteiger partial charge in [0.05, 0.1) is 0 Å². The van der Waals surface area contributed by atoms with Crippen molar-refractivity contribution in [3.63, 3.8) is 0 Å². The molecule has 162 valence electrons. The number of hydrogen-bond acceptors (Lipinski definition) is 3. The molecule has 0 aromatic carbocycles. The molecule has 0 aliphatic rings. The molecule has 3 nitrogen and oxygen atoms in total. The second-order valence-corrected chi connectivity index (χ2v) is 8.28. The van der Waals surface area contributed by atoms with Crippen molar-refractivity contribution in [3.8, 4) is 0 Å². The summed E-state index contributed by atoms with van der Waals surface area (Å²) in [6, 6.07) is 0.425. The fourth-order valence-corrected chi connectivity index (χ4v) is 3.90. The summed E-state index contributed by atoms with van der Waals surface area (Å²) in [6.45, 7) is 9.03. The largest absolute Gasteiger partial charge is 1.00 e. The van der Waals surface area contributed by atoms with Gasteiger partial charge in [0.2, 0.25) is 0 Å². The molecule has 0 bridgehead atoms. The van der Waals surface area contributed by atoms with Crippen molar-refractivity contribution in [2.24, 2.45) is 0 Å². The molecule has 0 saturated carbocycles. The Bertz CT molecular complexity index is 310. The van der Waals surface area contributed by atoms with Crippen molar-refractivity contribution in [1.29, 1.82) is 0 Å². The molecule has 0 aliphatic heterocycles. The molecule has 0 radical (unpaired) electrons. The number of unbranched alkanes of at least 4 members (excludes halogenated alkanes) is 11. The first-order valence-electron chi connectivity index (χ1n) is 12.1. The molecule has 0 aromatic rings. The van der Waals surface area contributed by atoms with Gasteiger partial charge in [0.15, 0.2) is 0 Å². The maximum absolute atomic E-state index is 11.0. The molecule has 0 rings (SSSR count). The van der Waals surface area contributed by atoms with Crippen molar-refractivity contribution in [1.82, 2.24) is 4.90 Å². The first-order valence-corrected chi connectivity index (χ1v) is 12.1. The Balaban J connectivity index is 0. The number of carbonyl (C=O) groups excluding carboxylic acids is 1. The molecule has 0 N–H and O–H groups in total. The van der Waals surface area contributed by atoms with E-state index in [0.29, 0.717) is 6.04 Å². The molecule has 1 unspecified atom stereocenters. The van der Waals surface area contributed by atoms with Crippen LogP contribution in [0.3, 0.4) is 0 Å². The smallest absolute Gasteiger partial charge is 0.550 e. The normalized spacial score (nSPS) is 12.1. The van der Waals surface area contributed by atoms with Gasteiger partial charge in [-0.2, -0.15) is 0 Å². The van der Waals surface area contributed by atoms with Gasteiger partial charge in [-0.3, -0.25) is 0 Å². The maximum atomic E-state index is 11.0. The Kier molecular flexibility index (Phi) is 25.9. The molecule has 1 atom stereocenters. The minimum atomic E-state index is -0.893.